The molecule has 0 aliphatic rings. The summed E-state index contributed by atoms with van der Waals surface area (Å²) in [4.78, 5) is 11.2. The number of benzene rings is 1. The maximum Gasteiger partial charge on any atom is 0.221 e. The van der Waals surface area contributed by atoms with Crippen molar-refractivity contribution in [3.8, 4) is 5.75 Å². The number of amides is 1. The second-order valence-corrected chi connectivity index (χ2v) is 3.83. The van der Waals surface area contributed by atoms with E-state index in [1.165, 1.54) is 12.1 Å². The van der Waals surface area contributed by atoms with Gasteiger partial charge in [0, 0.05) is 12.5 Å². The molecule has 17 heavy (non-hydrogen) atoms. The number of hydrogen-bond acceptors (Lipinski definition) is 3. The fourth-order valence-corrected chi connectivity index (χ4v) is 1.25. The molecule has 1 aromatic carbocycles. The summed E-state index contributed by atoms with van der Waals surface area (Å²) in [6.07, 6.45) is 0.302. The van der Waals surface area contributed by atoms with Gasteiger partial charge in [-0.05, 0) is 31.2 Å². The number of halogens is 1. The van der Waals surface area contributed by atoms with Crippen LogP contribution in [0.1, 0.15) is 13.3 Å². The van der Waals surface area contributed by atoms with Gasteiger partial charge in [-0.15, -0.1) is 0 Å². The Balaban J connectivity index is 2.16. The van der Waals surface area contributed by atoms with Crippen LogP contribution in [0.4, 0.5) is 4.39 Å². The highest BCUT2D eigenvalue weighted by atomic mass is 19.1. The molecule has 0 saturated heterocycles. The van der Waals surface area contributed by atoms with Crippen molar-refractivity contribution in [1.82, 2.24) is 5.32 Å². The lowest BCUT2D eigenvalue weighted by molar-refractivity contribution is -0.121. The molecule has 0 spiro atoms. The first kappa shape index (κ1) is 13.4. The summed E-state index contributed by atoms with van der Waals surface area (Å²) in [5.74, 6) is 0.179. The number of ether oxygens (including phenoxy) is 1. The van der Waals surface area contributed by atoms with Crippen molar-refractivity contribution >= 4 is 5.91 Å². The van der Waals surface area contributed by atoms with E-state index >= 15 is 0 Å². The molecule has 0 aromatic heterocycles. The van der Waals surface area contributed by atoms with E-state index < -0.39 is 0 Å². The van der Waals surface area contributed by atoms with Crippen molar-refractivity contribution in [1.29, 1.82) is 0 Å². The molecule has 1 unspecified atom stereocenters. The quantitative estimate of drug-likeness (QED) is 0.731. The summed E-state index contributed by atoms with van der Waals surface area (Å²) in [6, 6.07) is 5.58. The van der Waals surface area contributed by atoms with Gasteiger partial charge < -0.3 is 15.8 Å². The van der Waals surface area contributed by atoms with Gasteiger partial charge in [-0.1, -0.05) is 0 Å². The summed E-state index contributed by atoms with van der Waals surface area (Å²) < 4.78 is 17.9. The standard InChI is InChI=1S/C12H17FN2O2/c1-9(14)8-12(16)15-6-7-17-11-4-2-10(13)3-5-11/h2-5,9H,6-8,14H2,1H3,(H,15,16). The molecular weight excluding hydrogens is 223 g/mol. The van der Waals surface area contributed by atoms with E-state index in [0.717, 1.165) is 0 Å². The molecule has 0 heterocycles. The Labute approximate surface area is 100.0 Å². The van der Waals surface area contributed by atoms with E-state index in [1.54, 1.807) is 19.1 Å². The zero-order valence-corrected chi connectivity index (χ0v) is 9.78. The van der Waals surface area contributed by atoms with E-state index in [0.29, 0.717) is 25.3 Å². The third-order valence-electron chi connectivity index (χ3n) is 2.01. The smallest absolute Gasteiger partial charge is 0.221 e. The van der Waals surface area contributed by atoms with E-state index in [9.17, 15) is 9.18 Å². The van der Waals surface area contributed by atoms with Gasteiger partial charge in [-0.2, -0.15) is 0 Å². The maximum absolute atomic E-state index is 12.6. The van der Waals surface area contributed by atoms with Crippen LogP contribution in [0.5, 0.6) is 5.75 Å². The van der Waals surface area contributed by atoms with Crippen LogP contribution in [0, 0.1) is 5.82 Å². The fourth-order valence-electron chi connectivity index (χ4n) is 1.25. The van der Waals surface area contributed by atoms with E-state index in [4.69, 9.17) is 10.5 Å². The van der Waals surface area contributed by atoms with Crippen molar-refractivity contribution in [2.45, 2.75) is 19.4 Å². The number of rotatable bonds is 6. The van der Waals surface area contributed by atoms with Crippen molar-refractivity contribution in [2.75, 3.05) is 13.2 Å². The van der Waals surface area contributed by atoms with E-state index in [2.05, 4.69) is 5.32 Å². The second-order valence-electron chi connectivity index (χ2n) is 3.83. The normalized spacial score (nSPS) is 11.9. The summed E-state index contributed by atoms with van der Waals surface area (Å²) in [5, 5.41) is 2.68. The molecule has 3 N–H and O–H groups in total. The van der Waals surface area contributed by atoms with E-state index in [-0.39, 0.29) is 17.8 Å². The van der Waals surface area contributed by atoms with Crippen LogP contribution in [-0.4, -0.2) is 25.1 Å². The molecule has 0 saturated carbocycles. The van der Waals surface area contributed by atoms with Gasteiger partial charge >= 0.3 is 0 Å². The first-order valence-corrected chi connectivity index (χ1v) is 5.48. The van der Waals surface area contributed by atoms with Gasteiger partial charge in [0.2, 0.25) is 5.91 Å². The Morgan fingerprint density at radius 2 is 2.12 bits per heavy atom. The molecule has 0 radical (unpaired) electrons. The zero-order valence-electron chi connectivity index (χ0n) is 9.78. The molecule has 94 valence electrons. The number of hydrogen-bond donors (Lipinski definition) is 2. The predicted molar refractivity (Wildman–Crippen MR) is 63.2 cm³/mol. The zero-order chi connectivity index (χ0) is 12.7. The number of nitrogens with two attached hydrogens (primary N) is 1. The highest BCUT2D eigenvalue weighted by Gasteiger charge is 2.03. The number of nitrogens with one attached hydrogen (secondary N) is 1. The molecule has 4 nitrogen and oxygen atoms in total. The first-order valence-electron chi connectivity index (χ1n) is 5.48. The minimum atomic E-state index is -0.303. The third-order valence-corrected chi connectivity index (χ3v) is 2.01. The summed E-state index contributed by atoms with van der Waals surface area (Å²) >= 11 is 0. The van der Waals surface area contributed by atoms with Crippen molar-refractivity contribution in [2.24, 2.45) is 5.73 Å². The molecule has 5 heteroatoms. The third kappa shape index (κ3) is 5.87. The van der Waals surface area contributed by atoms with Gasteiger partial charge in [0.25, 0.3) is 0 Å². The highest BCUT2D eigenvalue weighted by Crippen LogP contribution is 2.10. The minimum Gasteiger partial charge on any atom is -0.492 e. The van der Waals surface area contributed by atoms with Crippen LogP contribution in [0.2, 0.25) is 0 Å². The van der Waals surface area contributed by atoms with Crippen LogP contribution in [0.15, 0.2) is 24.3 Å². The largest absolute Gasteiger partial charge is 0.492 e. The molecule has 1 rings (SSSR count). The molecule has 1 amide bonds. The molecule has 0 aliphatic carbocycles. The Morgan fingerprint density at radius 1 is 1.47 bits per heavy atom. The number of carbonyl (C=O) groups excluding carboxylic acids is 1. The van der Waals surface area contributed by atoms with Crippen LogP contribution >= 0.6 is 0 Å². The minimum absolute atomic E-state index is 0.0947. The highest BCUT2D eigenvalue weighted by molar-refractivity contribution is 5.76. The second kappa shape index (κ2) is 6.85. The van der Waals surface area contributed by atoms with Crippen molar-refractivity contribution in [3.63, 3.8) is 0 Å². The van der Waals surface area contributed by atoms with Gasteiger partial charge in [-0.25, -0.2) is 4.39 Å². The summed E-state index contributed by atoms with van der Waals surface area (Å²) in [6.45, 7) is 2.52. The monoisotopic (exact) mass is 240 g/mol. The van der Waals surface area contributed by atoms with Gasteiger partial charge in [0.05, 0.1) is 6.54 Å². The Hall–Kier alpha value is -1.62. The Kier molecular flexibility index (Phi) is 5.42. The summed E-state index contributed by atoms with van der Waals surface area (Å²) in [5.41, 5.74) is 5.48. The molecular formula is C12H17FN2O2. The van der Waals surface area contributed by atoms with Gasteiger partial charge in [0.15, 0.2) is 0 Å². The fraction of sp³-hybridized carbons (Fsp3) is 0.417. The summed E-state index contributed by atoms with van der Waals surface area (Å²) in [7, 11) is 0. The Bertz CT molecular complexity index is 352. The van der Waals surface area contributed by atoms with Gasteiger partial charge in [-0.3, -0.25) is 4.79 Å². The average molecular weight is 240 g/mol. The maximum atomic E-state index is 12.6. The number of carbonyl (C=O) groups is 1. The first-order chi connectivity index (χ1) is 8.08. The van der Waals surface area contributed by atoms with Crippen LogP contribution in [0.3, 0.4) is 0 Å². The average Bonchev–Trinajstić information content (AvgIpc) is 2.26. The van der Waals surface area contributed by atoms with Crippen molar-refractivity contribution in [3.05, 3.63) is 30.1 Å². The molecule has 1 aromatic rings. The van der Waals surface area contributed by atoms with E-state index in [1.807, 2.05) is 0 Å². The molecule has 0 fully saturated rings. The molecule has 1 atom stereocenters. The van der Waals surface area contributed by atoms with Crippen LogP contribution < -0.4 is 15.8 Å². The Morgan fingerprint density at radius 3 is 2.71 bits per heavy atom. The lowest BCUT2D eigenvalue weighted by atomic mass is 10.2. The van der Waals surface area contributed by atoms with Crippen LogP contribution in [0.25, 0.3) is 0 Å². The van der Waals surface area contributed by atoms with Crippen molar-refractivity contribution < 1.29 is 13.9 Å². The van der Waals surface area contributed by atoms with Gasteiger partial charge in [0.1, 0.15) is 18.2 Å². The molecule has 0 aliphatic heterocycles. The topological polar surface area (TPSA) is 64.4 Å². The van der Waals surface area contributed by atoms with Crippen LogP contribution in [-0.2, 0) is 4.79 Å². The SMILES string of the molecule is CC(N)CC(=O)NCCOc1ccc(F)cc1. The predicted octanol–water partition coefficient (Wildman–Crippen LogP) is 1.06. The lowest BCUT2D eigenvalue weighted by Gasteiger charge is -2.08. The molecule has 0 bridgehead atoms. The lowest BCUT2D eigenvalue weighted by Crippen LogP contribution is -2.32.